The van der Waals surface area contributed by atoms with Crippen LogP contribution in [0.1, 0.15) is 29.3 Å². The fourth-order valence-corrected chi connectivity index (χ4v) is 2.62. The predicted molar refractivity (Wildman–Crippen MR) is 107 cm³/mol. The lowest BCUT2D eigenvalue weighted by Gasteiger charge is -2.16. The number of carbonyl (C=O) groups is 3. The van der Waals surface area contributed by atoms with Gasteiger partial charge in [-0.2, -0.15) is 0 Å². The molecule has 1 aliphatic rings. The number of ether oxygens (including phenoxy) is 3. The summed E-state index contributed by atoms with van der Waals surface area (Å²) in [5, 5.41) is 2.61. The normalized spacial score (nSPS) is 12.1. The minimum absolute atomic E-state index is 0.0903. The first-order valence-corrected chi connectivity index (χ1v) is 9.23. The van der Waals surface area contributed by atoms with E-state index in [-0.39, 0.29) is 6.61 Å². The number of amides is 1. The van der Waals surface area contributed by atoms with Gasteiger partial charge >= 0.3 is 11.9 Å². The quantitative estimate of drug-likeness (QED) is 0.724. The predicted octanol–water partition coefficient (Wildman–Crippen LogP) is 3.21. The van der Waals surface area contributed by atoms with Gasteiger partial charge in [0.05, 0.1) is 17.7 Å². The summed E-state index contributed by atoms with van der Waals surface area (Å²) in [5.74, 6) is -0.812. The van der Waals surface area contributed by atoms with Gasteiger partial charge in [-0.3, -0.25) is 4.79 Å². The smallest absolute Gasteiger partial charge is 0.338 e. The molecule has 0 bridgehead atoms. The van der Waals surface area contributed by atoms with Crippen molar-refractivity contribution in [3.8, 4) is 5.75 Å². The molecule has 2 aromatic carbocycles. The van der Waals surface area contributed by atoms with Gasteiger partial charge in [-0.1, -0.05) is 25.1 Å². The van der Waals surface area contributed by atoms with Gasteiger partial charge in [0.1, 0.15) is 12.4 Å². The van der Waals surface area contributed by atoms with E-state index in [0.717, 1.165) is 12.0 Å². The van der Waals surface area contributed by atoms with Gasteiger partial charge in [0.25, 0.3) is 5.91 Å². The maximum atomic E-state index is 12.2. The average Bonchev–Trinajstić information content (AvgIpc) is 2.76. The fraction of sp³-hybridized carbons (Fsp3) is 0.227. The third-order valence-corrected chi connectivity index (χ3v) is 4.07. The second-order valence-corrected chi connectivity index (χ2v) is 6.33. The third-order valence-electron chi connectivity index (χ3n) is 4.07. The molecule has 0 fully saturated rings. The lowest BCUT2D eigenvalue weighted by atomic mass is 10.1. The minimum atomic E-state index is -0.608. The molecule has 3 rings (SSSR count). The summed E-state index contributed by atoms with van der Waals surface area (Å²) in [6, 6.07) is 13.6. The topological polar surface area (TPSA) is 90.9 Å². The van der Waals surface area contributed by atoms with Crippen LogP contribution in [0.25, 0.3) is 6.08 Å². The van der Waals surface area contributed by atoms with Gasteiger partial charge in [-0.05, 0) is 42.8 Å². The molecular weight excluding hydrogens is 374 g/mol. The van der Waals surface area contributed by atoms with Gasteiger partial charge in [0.2, 0.25) is 0 Å². The van der Waals surface area contributed by atoms with Crippen LogP contribution in [0.4, 0.5) is 5.69 Å². The first-order valence-electron chi connectivity index (χ1n) is 9.23. The molecule has 0 atom stereocenters. The van der Waals surface area contributed by atoms with Gasteiger partial charge in [-0.15, -0.1) is 0 Å². The Balaban J connectivity index is 1.49. The van der Waals surface area contributed by atoms with E-state index in [1.807, 2.05) is 31.2 Å². The molecule has 0 aromatic heterocycles. The Morgan fingerprint density at radius 1 is 1.00 bits per heavy atom. The van der Waals surface area contributed by atoms with Crippen molar-refractivity contribution >= 4 is 29.6 Å². The van der Waals surface area contributed by atoms with Crippen LogP contribution in [0.5, 0.6) is 5.75 Å². The molecule has 0 unspecified atom stereocenters. The van der Waals surface area contributed by atoms with E-state index in [0.29, 0.717) is 29.2 Å². The first-order chi connectivity index (χ1) is 14.1. The molecule has 0 aliphatic carbocycles. The standard InChI is InChI=1S/C22H21NO6/c1-2-11-27-21(25)15-7-9-18(10-8-15)23-20(24)14-29-22(26)17-12-16-5-3-4-6-19(16)28-13-17/h3-10,12H,2,11,13-14H2,1H3,(H,23,24). The van der Waals surface area contributed by atoms with Crippen molar-refractivity contribution in [3.63, 3.8) is 0 Å². The minimum Gasteiger partial charge on any atom is -0.488 e. The number of carbonyl (C=O) groups excluding carboxylic acids is 3. The summed E-state index contributed by atoms with van der Waals surface area (Å²) in [4.78, 5) is 36.0. The van der Waals surface area contributed by atoms with Crippen molar-refractivity contribution in [1.29, 1.82) is 0 Å². The molecular formula is C22H21NO6. The van der Waals surface area contributed by atoms with Gasteiger partial charge in [0.15, 0.2) is 6.61 Å². The average molecular weight is 395 g/mol. The van der Waals surface area contributed by atoms with E-state index < -0.39 is 24.5 Å². The zero-order valence-corrected chi connectivity index (χ0v) is 16.0. The Labute approximate surface area is 168 Å². The highest BCUT2D eigenvalue weighted by Gasteiger charge is 2.19. The Hall–Kier alpha value is -3.61. The Bertz CT molecular complexity index is 933. The van der Waals surface area contributed by atoms with Crippen LogP contribution in [0.2, 0.25) is 0 Å². The highest BCUT2D eigenvalue weighted by molar-refractivity contribution is 5.98. The summed E-state index contributed by atoms with van der Waals surface area (Å²) in [6.07, 6.45) is 2.43. The highest BCUT2D eigenvalue weighted by Crippen LogP contribution is 2.26. The third kappa shape index (κ3) is 5.44. The largest absolute Gasteiger partial charge is 0.488 e. The molecule has 0 saturated heterocycles. The van der Waals surface area contributed by atoms with Crippen molar-refractivity contribution in [1.82, 2.24) is 0 Å². The number of esters is 2. The van der Waals surface area contributed by atoms with Crippen LogP contribution < -0.4 is 10.1 Å². The number of nitrogens with one attached hydrogen (secondary N) is 1. The summed E-state index contributed by atoms with van der Waals surface area (Å²) in [5.41, 5.74) is 2.00. The number of hydrogen-bond donors (Lipinski definition) is 1. The van der Waals surface area contributed by atoms with E-state index in [1.165, 1.54) is 0 Å². The maximum Gasteiger partial charge on any atom is 0.338 e. The van der Waals surface area contributed by atoms with E-state index in [2.05, 4.69) is 5.32 Å². The molecule has 0 radical (unpaired) electrons. The second kappa shape index (κ2) is 9.54. The molecule has 1 heterocycles. The van der Waals surface area contributed by atoms with E-state index in [1.54, 1.807) is 30.3 Å². The summed E-state index contributed by atoms with van der Waals surface area (Å²) < 4.78 is 15.6. The first kappa shape index (κ1) is 20.1. The summed E-state index contributed by atoms with van der Waals surface area (Å²) in [6.45, 7) is 1.93. The van der Waals surface area contributed by atoms with Crippen LogP contribution in [-0.2, 0) is 19.1 Å². The number of benzene rings is 2. The van der Waals surface area contributed by atoms with Crippen molar-refractivity contribution in [2.24, 2.45) is 0 Å². The molecule has 1 amide bonds. The van der Waals surface area contributed by atoms with Gasteiger partial charge in [-0.25, -0.2) is 9.59 Å². The Morgan fingerprint density at radius 2 is 1.76 bits per heavy atom. The maximum absolute atomic E-state index is 12.2. The molecule has 7 nitrogen and oxygen atoms in total. The highest BCUT2D eigenvalue weighted by atomic mass is 16.5. The van der Waals surface area contributed by atoms with Crippen LogP contribution in [0, 0.1) is 0 Å². The van der Waals surface area contributed by atoms with E-state index in [9.17, 15) is 14.4 Å². The van der Waals surface area contributed by atoms with Gasteiger partial charge < -0.3 is 19.5 Å². The lowest BCUT2D eigenvalue weighted by Crippen LogP contribution is -2.23. The molecule has 0 spiro atoms. The molecule has 1 aliphatic heterocycles. The zero-order chi connectivity index (χ0) is 20.6. The van der Waals surface area contributed by atoms with Crippen molar-refractivity contribution in [2.75, 3.05) is 25.1 Å². The zero-order valence-electron chi connectivity index (χ0n) is 16.0. The summed E-state index contributed by atoms with van der Waals surface area (Å²) >= 11 is 0. The second-order valence-electron chi connectivity index (χ2n) is 6.33. The molecule has 7 heteroatoms. The number of rotatable bonds is 7. The molecule has 0 saturated carbocycles. The molecule has 150 valence electrons. The van der Waals surface area contributed by atoms with E-state index in [4.69, 9.17) is 14.2 Å². The van der Waals surface area contributed by atoms with Crippen molar-refractivity contribution in [2.45, 2.75) is 13.3 Å². The molecule has 2 aromatic rings. The lowest BCUT2D eigenvalue weighted by molar-refractivity contribution is -0.143. The molecule has 1 N–H and O–H groups in total. The van der Waals surface area contributed by atoms with Crippen LogP contribution in [0.15, 0.2) is 54.1 Å². The van der Waals surface area contributed by atoms with Crippen LogP contribution in [0.3, 0.4) is 0 Å². The number of fused-ring (bicyclic) bond motifs is 1. The van der Waals surface area contributed by atoms with Crippen molar-refractivity contribution in [3.05, 3.63) is 65.2 Å². The number of hydrogen-bond acceptors (Lipinski definition) is 6. The number of para-hydroxylation sites is 1. The SMILES string of the molecule is CCCOC(=O)c1ccc(NC(=O)COC(=O)C2=Cc3ccccc3OC2)cc1. The summed E-state index contributed by atoms with van der Waals surface area (Å²) in [7, 11) is 0. The molecule has 29 heavy (non-hydrogen) atoms. The van der Waals surface area contributed by atoms with Crippen LogP contribution in [-0.4, -0.2) is 37.7 Å². The van der Waals surface area contributed by atoms with Gasteiger partial charge in [0, 0.05) is 11.3 Å². The van der Waals surface area contributed by atoms with E-state index >= 15 is 0 Å². The monoisotopic (exact) mass is 395 g/mol. The van der Waals surface area contributed by atoms with Crippen molar-refractivity contribution < 1.29 is 28.6 Å². The van der Waals surface area contributed by atoms with Crippen LogP contribution >= 0.6 is 0 Å². The fourth-order valence-electron chi connectivity index (χ4n) is 2.62. The Morgan fingerprint density at radius 3 is 2.52 bits per heavy atom. The number of anilines is 1. The Kier molecular flexibility index (Phi) is 6.63.